The third-order valence-corrected chi connectivity index (χ3v) is 12.4. The Morgan fingerprint density at radius 1 is 0.812 bits per heavy atom. The fourth-order valence-electron chi connectivity index (χ4n) is 8.01. The van der Waals surface area contributed by atoms with E-state index in [1.165, 1.54) is 12.1 Å². The quantitative estimate of drug-likeness (QED) is 0.0849. The number of fused-ring (bicyclic) bond motifs is 2. The molecule has 2 saturated heterocycles. The molecule has 3 aliphatic rings. The number of carbonyl (C=O) groups is 6. The Hall–Kier alpha value is -7.24. The number of anilines is 1. The molecule has 17 heteroatoms. The molecule has 0 saturated carbocycles. The summed E-state index contributed by atoms with van der Waals surface area (Å²) in [5.41, 5.74) is 5.93. The van der Waals surface area contributed by atoms with Crippen LogP contribution in [0, 0.1) is 0 Å². The summed E-state index contributed by atoms with van der Waals surface area (Å²) in [4.78, 5) is 85.1. The minimum Gasteiger partial charge on any atom is -0.398 e. The lowest BCUT2D eigenvalue weighted by Gasteiger charge is -2.27. The molecule has 0 spiro atoms. The number of hydroxylamine groups is 4. The highest BCUT2D eigenvalue weighted by Gasteiger charge is 2.41. The first kappa shape index (κ1) is 43.4. The van der Waals surface area contributed by atoms with Crippen molar-refractivity contribution < 1.29 is 60.4 Å². The van der Waals surface area contributed by atoms with Crippen molar-refractivity contribution in [2.24, 2.45) is 0 Å². The second kappa shape index (κ2) is 17.1. The Morgan fingerprint density at radius 3 is 2.05 bits per heavy atom. The fraction of sp³-hybridized carbons (Fsp3) is 0.255. The van der Waals surface area contributed by atoms with E-state index in [4.69, 9.17) is 14.1 Å². The molecule has 2 fully saturated rings. The van der Waals surface area contributed by atoms with Gasteiger partial charge in [-0.05, 0) is 59.5 Å². The number of hydrogen-bond acceptors (Lipinski definition) is 12. The van der Waals surface area contributed by atoms with Crippen LogP contribution in [0.15, 0.2) is 118 Å². The minimum absolute atomic E-state index is 0.00792. The van der Waals surface area contributed by atoms with Crippen LogP contribution in [0.3, 0.4) is 0 Å². The molecular weight excluding hydrogens is 845 g/mol. The summed E-state index contributed by atoms with van der Waals surface area (Å²) in [6.07, 6.45) is 5.48. The van der Waals surface area contributed by atoms with Crippen molar-refractivity contribution in [1.29, 1.82) is 0 Å². The van der Waals surface area contributed by atoms with Gasteiger partial charge in [-0.3, -0.25) is 23.7 Å². The molecule has 3 aliphatic heterocycles. The first-order valence-corrected chi connectivity index (χ1v) is 21.9. The molecule has 1 aromatic heterocycles. The summed E-state index contributed by atoms with van der Waals surface area (Å²) in [7, 11) is -4.50. The molecule has 0 bridgehead atoms. The number of allylic oxidation sites excluding steroid dienone is 3. The van der Waals surface area contributed by atoms with Crippen LogP contribution in [-0.4, -0.2) is 58.7 Å². The molecule has 4 aromatic carbocycles. The lowest BCUT2D eigenvalue weighted by atomic mass is 9.83. The molecular formula is C47H43N4O12S+. The zero-order chi connectivity index (χ0) is 45.5. The molecule has 328 valence electrons. The predicted molar refractivity (Wildman–Crippen MR) is 227 cm³/mol. The lowest BCUT2D eigenvalue weighted by Crippen LogP contribution is -2.35. The first-order valence-electron chi connectivity index (χ1n) is 20.5. The van der Waals surface area contributed by atoms with Gasteiger partial charge in [0, 0.05) is 60.7 Å². The lowest BCUT2D eigenvalue weighted by molar-refractivity contribution is -0.669. The van der Waals surface area contributed by atoms with Gasteiger partial charge in [-0.2, -0.15) is 13.0 Å². The number of aromatic nitrogens is 1. The summed E-state index contributed by atoms with van der Waals surface area (Å²) in [6, 6.07) is 26.6. The number of benzene rings is 4. The highest BCUT2D eigenvalue weighted by Crippen LogP contribution is 2.49. The van der Waals surface area contributed by atoms with Gasteiger partial charge in [-0.25, -0.2) is 9.59 Å². The van der Waals surface area contributed by atoms with Crippen LogP contribution in [0.4, 0.5) is 5.69 Å². The van der Waals surface area contributed by atoms with Crippen LogP contribution in [0.2, 0.25) is 0 Å². The summed E-state index contributed by atoms with van der Waals surface area (Å²) < 4.78 is 42.8. The number of para-hydroxylation sites is 2. The Bertz CT molecular complexity index is 2880. The number of oxazole rings is 1. The van der Waals surface area contributed by atoms with E-state index in [0.29, 0.717) is 51.4 Å². The number of imide groups is 2. The maximum absolute atomic E-state index is 12.9. The van der Waals surface area contributed by atoms with Crippen LogP contribution < -0.4 is 9.47 Å². The largest absolute Gasteiger partial charge is 0.398 e. The first-order chi connectivity index (χ1) is 30.5. The van der Waals surface area contributed by atoms with Gasteiger partial charge in [0.1, 0.15) is 0 Å². The van der Waals surface area contributed by atoms with Crippen molar-refractivity contribution in [3.8, 4) is 0 Å². The van der Waals surface area contributed by atoms with E-state index in [0.717, 1.165) is 28.0 Å². The molecule has 4 heterocycles. The van der Waals surface area contributed by atoms with Crippen LogP contribution in [0.1, 0.15) is 86.1 Å². The number of carbonyl (C=O) groups excluding carboxylic acids is 6. The third kappa shape index (κ3) is 8.71. The number of amides is 4. The summed E-state index contributed by atoms with van der Waals surface area (Å²) in [5.74, 6) is -3.92. The topological polar surface area (TPSA) is 202 Å². The molecule has 1 unspecified atom stereocenters. The van der Waals surface area contributed by atoms with Gasteiger partial charge in [0.25, 0.3) is 39.3 Å². The van der Waals surface area contributed by atoms with Gasteiger partial charge in [-0.1, -0.05) is 80.6 Å². The number of rotatable bonds is 13. The normalized spacial score (nSPS) is 17.3. The zero-order valence-electron chi connectivity index (χ0n) is 35.1. The van der Waals surface area contributed by atoms with E-state index < -0.39 is 57.0 Å². The van der Waals surface area contributed by atoms with Crippen molar-refractivity contribution in [3.05, 3.63) is 143 Å². The highest BCUT2D eigenvalue weighted by atomic mass is 32.2. The Balaban J connectivity index is 1.04. The van der Waals surface area contributed by atoms with Crippen molar-refractivity contribution in [2.75, 3.05) is 4.90 Å². The summed E-state index contributed by atoms with van der Waals surface area (Å²) in [6.45, 7) is 6.28. The third-order valence-electron chi connectivity index (χ3n) is 11.6. The molecule has 0 aliphatic carbocycles. The van der Waals surface area contributed by atoms with Crippen molar-refractivity contribution >= 4 is 68.5 Å². The second-order valence-electron chi connectivity index (χ2n) is 16.3. The average Bonchev–Trinajstić information content (AvgIpc) is 3.95. The van der Waals surface area contributed by atoms with Crippen molar-refractivity contribution in [1.82, 2.24) is 10.1 Å². The SMILES string of the molecule is CC(C(=O)ON1C(=O)CCC1=O)c1ccc(CN2/C(=C/C=C/c3oc4ccccc4[n+]3Cc3ccc(CC(=O)ON4C(=O)CCC4=O)cc3)C(C)(C)c3cc(S(=O)(=O)O)ccc32)cc1. The van der Waals surface area contributed by atoms with E-state index >= 15 is 0 Å². The number of hydrogen-bond donors (Lipinski definition) is 1. The molecule has 64 heavy (non-hydrogen) atoms. The monoisotopic (exact) mass is 887 g/mol. The molecule has 4 amide bonds. The molecule has 16 nitrogen and oxygen atoms in total. The Labute approximate surface area is 367 Å². The van der Waals surface area contributed by atoms with Crippen LogP contribution in [0.5, 0.6) is 0 Å². The Kier molecular flexibility index (Phi) is 11.6. The molecule has 1 atom stereocenters. The van der Waals surface area contributed by atoms with Crippen LogP contribution in [0.25, 0.3) is 17.2 Å². The Morgan fingerprint density at radius 2 is 1.41 bits per heavy atom. The fourth-order valence-corrected chi connectivity index (χ4v) is 8.51. The van der Waals surface area contributed by atoms with E-state index in [1.54, 1.807) is 37.3 Å². The van der Waals surface area contributed by atoms with Crippen LogP contribution >= 0.6 is 0 Å². The van der Waals surface area contributed by atoms with Crippen molar-refractivity contribution in [2.45, 2.75) is 82.2 Å². The van der Waals surface area contributed by atoms with E-state index in [1.807, 2.05) is 85.2 Å². The summed E-state index contributed by atoms with van der Waals surface area (Å²) in [5, 5.41) is 1.06. The van der Waals surface area contributed by atoms with E-state index in [-0.39, 0.29) is 37.0 Å². The zero-order valence-corrected chi connectivity index (χ0v) is 35.9. The van der Waals surface area contributed by atoms with E-state index in [9.17, 15) is 41.7 Å². The smallest absolute Gasteiger partial charge is 0.374 e. The second-order valence-corrected chi connectivity index (χ2v) is 17.7. The molecule has 8 rings (SSSR count). The van der Waals surface area contributed by atoms with Crippen molar-refractivity contribution in [3.63, 3.8) is 0 Å². The highest BCUT2D eigenvalue weighted by molar-refractivity contribution is 7.85. The van der Waals surface area contributed by atoms with Gasteiger partial charge in [0.2, 0.25) is 5.58 Å². The average molecular weight is 888 g/mol. The van der Waals surface area contributed by atoms with Gasteiger partial charge in [0.15, 0.2) is 6.54 Å². The predicted octanol–water partition coefficient (Wildman–Crippen LogP) is 5.77. The minimum atomic E-state index is -4.50. The van der Waals surface area contributed by atoms with Gasteiger partial charge in [-0.15, -0.1) is 10.1 Å². The maximum atomic E-state index is 12.9. The number of nitrogens with zero attached hydrogens (tertiary/aromatic N) is 4. The van der Waals surface area contributed by atoms with Gasteiger partial charge >= 0.3 is 17.8 Å². The maximum Gasteiger partial charge on any atom is 0.374 e. The van der Waals surface area contributed by atoms with Gasteiger partial charge < -0.3 is 19.0 Å². The van der Waals surface area contributed by atoms with Gasteiger partial charge in [0.05, 0.1) is 23.3 Å². The molecule has 1 N–H and O–H groups in total. The van der Waals surface area contributed by atoms with E-state index in [2.05, 4.69) is 4.90 Å². The standard InChI is InChI=1S/C47H42N4O12S/c1-29(46(57)63-51-42(54)23-24-43(51)55)33-17-15-32(16-18-33)27-48-36-20-19-34(64(58,59)60)26-35(36)47(2,3)39(48)9-6-10-44-49(37-7-4-5-8-38(37)61-44)28-31-13-11-30(12-14-31)25-45(56)62-50-40(52)21-22-41(50)53/h4-20,26,29H,21-25,27-28H2,1-3H3/p+1. The van der Waals surface area contributed by atoms with Crippen LogP contribution in [-0.2, 0) is 73.5 Å². The molecule has 0 radical (unpaired) electrons. The molecule has 5 aromatic rings. The summed E-state index contributed by atoms with van der Waals surface area (Å²) >= 11 is 0.